The predicted molar refractivity (Wildman–Crippen MR) is 95.3 cm³/mol. The average Bonchev–Trinajstić information content (AvgIpc) is 3.02. The largest absolute Gasteiger partial charge is 0.493 e. The zero-order chi connectivity index (χ0) is 17.2. The zero-order valence-electron chi connectivity index (χ0n) is 14.0. The summed E-state index contributed by atoms with van der Waals surface area (Å²) in [5.41, 5.74) is 3.29. The molecule has 0 aliphatic carbocycles. The molecule has 1 aliphatic heterocycles. The molecule has 0 radical (unpaired) electrons. The molecule has 24 heavy (non-hydrogen) atoms. The van der Waals surface area contributed by atoms with Crippen molar-refractivity contribution in [3.05, 3.63) is 53.6 Å². The Balaban J connectivity index is 1.61. The van der Waals surface area contributed by atoms with Crippen molar-refractivity contribution in [2.45, 2.75) is 17.7 Å². The Labute approximate surface area is 143 Å². The van der Waals surface area contributed by atoms with Gasteiger partial charge < -0.3 is 9.64 Å². The van der Waals surface area contributed by atoms with Crippen molar-refractivity contribution >= 4 is 15.7 Å². The quantitative estimate of drug-likeness (QED) is 0.871. The van der Waals surface area contributed by atoms with Gasteiger partial charge in [-0.05, 0) is 47.9 Å². The minimum atomic E-state index is -3.48. The van der Waals surface area contributed by atoms with E-state index in [1.165, 1.54) is 5.56 Å². The van der Waals surface area contributed by atoms with E-state index in [1.54, 1.807) is 24.3 Å². The molecule has 0 saturated carbocycles. The normalized spacial score (nSPS) is 13.4. The van der Waals surface area contributed by atoms with E-state index < -0.39 is 10.0 Å². The van der Waals surface area contributed by atoms with Gasteiger partial charge in [0.2, 0.25) is 10.0 Å². The van der Waals surface area contributed by atoms with Gasteiger partial charge in [0.25, 0.3) is 0 Å². The highest BCUT2D eigenvalue weighted by Crippen LogP contribution is 2.26. The number of rotatable bonds is 6. The lowest BCUT2D eigenvalue weighted by molar-refractivity contribution is 0.357. The lowest BCUT2D eigenvalue weighted by Crippen LogP contribution is -2.26. The van der Waals surface area contributed by atoms with Gasteiger partial charge in [0.15, 0.2) is 0 Å². The molecule has 128 valence electrons. The second-order valence-electron chi connectivity index (χ2n) is 6.08. The molecular formula is C18H22N2O3S. The second-order valence-corrected chi connectivity index (χ2v) is 7.84. The number of ether oxygens (including phenoxy) is 1. The lowest BCUT2D eigenvalue weighted by atomic mass is 10.1. The number of nitrogens with one attached hydrogen (secondary N) is 1. The number of benzene rings is 2. The summed E-state index contributed by atoms with van der Waals surface area (Å²) in [6, 6.07) is 12.9. The molecule has 0 fully saturated rings. The van der Waals surface area contributed by atoms with E-state index >= 15 is 0 Å². The minimum Gasteiger partial charge on any atom is -0.493 e. The molecule has 3 rings (SSSR count). The van der Waals surface area contributed by atoms with E-state index in [0.717, 1.165) is 30.0 Å². The Hall–Kier alpha value is -2.05. The molecular weight excluding hydrogens is 324 g/mol. The number of sulfonamides is 1. The molecule has 1 aliphatic rings. The van der Waals surface area contributed by atoms with E-state index in [9.17, 15) is 8.42 Å². The lowest BCUT2D eigenvalue weighted by Gasteiger charge is -2.13. The summed E-state index contributed by atoms with van der Waals surface area (Å²) in [5.74, 6) is 0.945. The van der Waals surface area contributed by atoms with Crippen molar-refractivity contribution < 1.29 is 13.2 Å². The van der Waals surface area contributed by atoms with E-state index in [1.807, 2.05) is 31.1 Å². The first kappa shape index (κ1) is 16.8. The van der Waals surface area contributed by atoms with Crippen LogP contribution in [0, 0.1) is 0 Å². The van der Waals surface area contributed by atoms with Gasteiger partial charge in [0.1, 0.15) is 5.75 Å². The first-order chi connectivity index (χ1) is 11.5. The smallest absolute Gasteiger partial charge is 0.240 e. The molecule has 2 aromatic carbocycles. The molecule has 1 heterocycles. The van der Waals surface area contributed by atoms with Gasteiger partial charge in [0, 0.05) is 32.7 Å². The molecule has 0 aromatic heterocycles. The van der Waals surface area contributed by atoms with E-state index in [0.29, 0.717) is 13.0 Å². The van der Waals surface area contributed by atoms with E-state index in [4.69, 9.17) is 4.74 Å². The Morgan fingerprint density at radius 3 is 2.58 bits per heavy atom. The Morgan fingerprint density at radius 1 is 1.12 bits per heavy atom. The first-order valence-corrected chi connectivity index (χ1v) is 9.46. The third kappa shape index (κ3) is 3.71. The fourth-order valence-electron chi connectivity index (χ4n) is 2.73. The van der Waals surface area contributed by atoms with Gasteiger partial charge in [-0.3, -0.25) is 0 Å². The summed E-state index contributed by atoms with van der Waals surface area (Å²) in [5, 5.41) is 0. The van der Waals surface area contributed by atoms with Crippen LogP contribution in [0.25, 0.3) is 0 Å². The summed E-state index contributed by atoms with van der Waals surface area (Å²) in [6.45, 7) is 1.10. The number of anilines is 1. The fraction of sp³-hybridized carbons (Fsp3) is 0.333. The molecule has 0 atom stereocenters. The van der Waals surface area contributed by atoms with Gasteiger partial charge in [0.05, 0.1) is 11.5 Å². The number of hydrogen-bond acceptors (Lipinski definition) is 4. The first-order valence-electron chi connectivity index (χ1n) is 7.97. The van der Waals surface area contributed by atoms with Gasteiger partial charge in [-0.2, -0.15) is 0 Å². The van der Waals surface area contributed by atoms with Crippen LogP contribution in [-0.4, -0.2) is 35.7 Å². The monoisotopic (exact) mass is 346 g/mol. The van der Waals surface area contributed by atoms with Crippen molar-refractivity contribution in [2.75, 3.05) is 32.1 Å². The van der Waals surface area contributed by atoms with Crippen molar-refractivity contribution in [3.63, 3.8) is 0 Å². The Kier molecular flexibility index (Phi) is 4.78. The molecule has 5 nitrogen and oxygen atoms in total. The molecule has 0 bridgehead atoms. The van der Waals surface area contributed by atoms with Crippen molar-refractivity contribution in [3.8, 4) is 5.75 Å². The maximum atomic E-state index is 12.3. The van der Waals surface area contributed by atoms with E-state index in [2.05, 4.69) is 10.8 Å². The third-order valence-electron chi connectivity index (χ3n) is 4.12. The highest BCUT2D eigenvalue weighted by atomic mass is 32.2. The molecule has 0 saturated heterocycles. The maximum Gasteiger partial charge on any atom is 0.240 e. The van der Waals surface area contributed by atoms with Gasteiger partial charge in [-0.15, -0.1) is 0 Å². The van der Waals surface area contributed by atoms with E-state index in [-0.39, 0.29) is 4.90 Å². The van der Waals surface area contributed by atoms with Crippen LogP contribution < -0.4 is 14.4 Å². The van der Waals surface area contributed by atoms with Crippen LogP contribution in [0.4, 0.5) is 5.69 Å². The molecule has 0 unspecified atom stereocenters. The summed E-state index contributed by atoms with van der Waals surface area (Å²) in [6.07, 6.45) is 1.58. The topological polar surface area (TPSA) is 58.6 Å². The Morgan fingerprint density at radius 2 is 1.88 bits per heavy atom. The molecule has 2 aromatic rings. The third-order valence-corrected chi connectivity index (χ3v) is 5.60. The van der Waals surface area contributed by atoms with Crippen molar-refractivity contribution in [2.24, 2.45) is 0 Å². The van der Waals surface area contributed by atoms with Gasteiger partial charge in [-0.1, -0.05) is 12.1 Å². The number of nitrogens with zero attached hydrogens (tertiary/aromatic N) is 1. The fourth-order valence-corrected chi connectivity index (χ4v) is 3.76. The highest BCUT2D eigenvalue weighted by Gasteiger charge is 2.15. The molecule has 1 N–H and O–H groups in total. The van der Waals surface area contributed by atoms with Crippen LogP contribution in [0.1, 0.15) is 11.1 Å². The second kappa shape index (κ2) is 6.83. The van der Waals surface area contributed by atoms with Crippen molar-refractivity contribution in [1.82, 2.24) is 4.72 Å². The number of hydrogen-bond donors (Lipinski definition) is 1. The zero-order valence-corrected chi connectivity index (χ0v) is 14.8. The molecule has 0 spiro atoms. The summed E-state index contributed by atoms with van der Waals surface area (Å²) >= 11 is 0. The SMILES string of the molecule is CN(C)c1ccc(S(=O)(=O)NCCc2ccc3c(c2)CCO3)cc1. The van der Waals surface area contributed by atoms with Gasteiger partial charge in [-0.25, -0.2) is 13.1 Å². The molecule has 6 heteroatoms. The highest BCUT2D eigenvalue weighted by molar-refractivity contribution is 7.89. The van der Waals surface area contributed by atoms with Crippen LogP contribution in [0.15, 0.2) is 47.4 Å². The summed E-state index contributed by atoms with van der Waals surface area (Å²) in [7, 11) is 0.362. The van der Waals surface area contributed by atoms with Crippen LogP contribution in [-0.2, 0) is 22.9 Å². The summed E-state index contributed by atoms with van der Waals surface area (Å²) < 4.78 is 32.8. The molecule has 0 amide bonds. The van der Waals surface area contributed by atoms with Crippen LogP contribution in [0.3, 0.4) is 0 Å². The predicted octanol–water partition coefficient (Wildman–Crippen LogP) is 2.21. The van der Waals surface area contributed by atoms with Crippen LogP contribution in [0.5, 0.6) is 5.75 Å². The van der Waals surface area contributed by atoms with Crippen LogP contribution in [0.2, 0.25) is 0 Å². The number of fused-ring (bicyclic) bond motifs is 1. The van der Waals surface area contributed by atoms with Gasteiger partial charge >= 0.3 is 0 Å². The standard InChI is InChI=1S/C18H22N2O3S/c1-20(2)16-4-6-17(7-5-16)24(21,22)19-11-9-14-3-8-18-15(13-14)10-12-23-18/h3-8,13,19H,9-12H2,1-2H3. The maximum absolute atomic E-state index is 12.3. The average molecular weight is 346 g/mol. The summed E-state index contributed by atoms with van der Waals surface area (Å²) in [4.78, 5) is 2.22. The Bertz CT molecular complexity index is 815. The van der Waals surface area contributed by atoms with Crippen molar-refractivity contribution in [1.29, 1.82) is 0 Å². The minimum absolute atomic E-state index is 0.287. The van der Waals surface area contributed by atoms with Crippen LogP contribution >= 0.6 is 0 Å².